The van der Waals surface area contributed by atoms with E-state index >= 15 is 0 Å². The first kappa shape index (κ1) is 15.7. The number of carboxylic acids is 1. The molecule has 22 heavy (non-hydrogen) atoms. The van der Waals surface area contributed by atoms with E-state index < -0.39 is 5.97 Å². The lowest BCUT2D eigenvalue weighted by molar-refractivity contribution is -0.132. The number of fused-ring (bicyclic) bond motifs is 1. The lowest BCUT2D eigenvalue weighted by atomic mass is 10.0. The molecular formula is C17H19N3O2. The number of hydrogen-bond donors (Lipinski definition) is 3. The number of nitrogens with one attached hydrogen (secondary N) is 2. The van der Waals surface area contributed by atoms with Gasteiger partial charge in [-0.15, -0.1) is 0 Å². The molecule has 2 aromatic rings. The first-order valence-electron chi connectivity index (χ1n) is 7.10. The standard InChI is InChI=1S/C17H19N3O2/c1-11(2)9-16(13(10-18)17(21)22)20-15-7-3-6-14-12(15)5-4-8-19-14/h3-8,10-11,18,20H,9H2,1-2H3,(H,21,22)/b16-13+,18-10?. The monoisotopic (exact) mass is 297 g/mol. The number of rotatable bonds is 6. The molecule has 1 heterocycles. The molecule has 0 bridgehead atoms. The van der Waals surface area contributed by atoms with Gasteiger partial charge in [0.15, 0.2) is 0 Å². The average molecular weight is 297 g/mol. The largest absolute Gasteiger partial charge is 0.478 e. The Morgan fingerprint density at radius 2 is 2.14 bits per heavy atom. The minimum atomic E-state index is -1.10. The first-order valence-corrected chi connectivity index (χ1v) is 7.10. The highest BCUT2D eigenvalue weighted by molar-refractivity contribution is 6.09. The van der Waals surface area contributed by atoms with E-state index in [1.165, 1.54) is 0 Å². The molecule has 0 aliphatic heterocycles. The van der Waals surface area contributed by atoms with Crippen molar-refractivity contribution in [3.05, 3.63) is 47.8 Å². The van der Waals surface area contributed by atoms with E-state index in [4.69, 9.17) is 5.41 Å². The summed E-state index contributed by atoms with van der Waals surface area (Å²) >= 11 is 0. The molecule has 5 heteroatoms. The van der Waals surface area contributed by atoms with Crippen molar-refractivity contribution >= 4 is 28.8 Å². The predicted molar refractivity (Wildman–Crippen MR) is 88.3 cm³/mol. The van der Waals surface area contributed by atoms with Crippen LogP contribution in [0.2, 0.25) is 0 Å². The normalized spacial score (nSPS) is 12.1. The van der Waals surface area contributed by atoms with Gasteiger partial charge in [-0.2, -0.15) is 0 Å². The van der Waals surface area contributed by atoms with Gasteiger partial charge in [-0.1, -0.05) is 19.9 Å². The molecule has 0 radical (unpaired) electrons. The van der Waals surface area contributed by atoms with Crippen LogP contribution in [-0.4, -0.2) is 22.3 Å². The van der Waals surface area contributed by atoms with Gasteiger partial charge in [0.1, 0.15) is 0 Å². The molecular weight excluding hydrogens is 278 g/mol. The van der Waals surface area contributed by atoms with Crippen molar-refractivity contribution < 1.29 is 9.90 Å². The zero-order chi connectivity index (χ0) is 16.1. The number of carboxylic acid groups (broad SMARTS) is 1. The molecule has 0 aliphatic carbocycles. The van der Waals surface area contributed by atoms with Crippen molar-refractivity contribution in [1.29, 1.82) is 5.41 Å². The zero-order valence-corrected chi connectivity index (χ0v) is 12.6. The summed E-state index contributed by atoms with van der Waals surface area (Å²) in [5.41, 5.74) is 2.15. The third-order valence-corrected chi connectivity index (χ3v) is 3.24. The van der Waals surface area contributed by atoms with Crippen molar-refractivity contribution in [3.63, 3.8) is 0 Å². The van der Waals surface area contributed by atoms with E-state index in [2.05, 4.69) is 10.3 Å². The van der Waals surface area contributed by atoms with Crippen LogP contribution in [0.15, 0.2) is 47.8 Å². The molecule has 0 fully saturated rings. The summed E-state index contributed by atoms with van der Waals surface area (Å²) in [6, 6.07) is 9.43. The van der Waals surface area contributed by atoms with Crippen LogP contribution in [-0.2, 0) is 4.79 Å². The van der Waals surface area contributed by atoms with Crippen molar-refractivity contribution in [3.8, 4) is 0 Å². The highest BCUT2D eigenvalue weighted by Gasteiger charge is 2.15. The highest BCUT2D eigenvalue weighted by Crippen LogP contribution is 2.25. The number of nitrogens with zero attached hydrogens (tertiary/aromatic N) is 1. The SMILES string of the molecule is CC(C)C/C(Nc1cccc2ncccc12)=C(/C=N)C(=O)O. The lowest BCUT2D eigenvalue weighted by Crippen LogP contribution is -2.13. The second-order valence-electron chi connectivity index (χ2n) is 5.44. The van der Waals surface area contributed by atoms with Crippen LogP contribution < -0.4 is 5.32 Å². The Labute approximate surface area is 129 Å². The van der Waals surface area contributed by atoms with E-state index in [0.29, 0.717) is 12.1 Å². The van der Waals surface area contributed by atoms with E-state index in [9.17, 15) is 9.90 Å². The van der Waals surface area contributed by atoms with Gasteiger partial charge in [0, 0.05) is 29.2 Å². The Balaban J connectivity index is 2.50. The predicted octanol–water partition coefficient (Wildman–Crippen LogP) is 3.68. The van der Waals surface area contributed by atoms with Crippen molar-refractivity contribution in [2.24, 2.45) is 5.92 Å². The molecule has 0 saturated heterocycles. The fraction of sp³-hybridized carbons (Fsp3) is 0.235. The third-order valence-electron chi connectivity index (χ3n) is 3.24. The van der Waals surface area contributed by atoms with Gasteiger partial charge in [-0.3, -0.25) is 4.98 Å². The summed E-state index contributed by atoms with van der Waals surface area (Å²) in [5, 5.41) is 20.8. The second-order valence-corrected chi connectivity index (χ2v) is 5.44. The fourth-order valence-corrected chi connectivity index (χ4v) is 2.29. The molecule has 0 aliphatic rings. The maximum Gasteiger partial charge on any atom is 0.339 e. The average Bonchev–Trinajstić information content (AvgIpc) is 2.47. The number of anilines is 1. The summed E-state index contributed by atoms with van der Waals surface area (Å²) in [4.78, 5) is 15.6. The number of allylic oxidation sites excluding steroid dienone is 1. The Hall–Kier alpha value is -2.69. The van der Waals surface area contributed by atoms with E-state index in [1.54, 1.807) is 6.20 Å². The number of benzene rings is 1. The van der Waals surface area contributed by atoms with Gasteiger partial charge < -0.3 is 15.8 Å². The Kier molecular flexibility index (Phi) is 4.88. The van der Waals surface area contributed by atoms with Crippen LogP contribution >= 0.6 is 0 Å². The fourth-order valence-electron chi connectivity index (χ4n) is 2.29. The van der Waals surface area contributed by atoms with E-state index in [1.807, 2.05) is 44.2 Å². The van der Waals surface area contributed by atoms with Crippen molar-refractivity contribution in [1.82, 2.24) is 4.98 Å². The zero-order valence-electron chi connectivity index (χ0n) is 12.6. The maximum absolute atomic E-state index is 11.3. The van der Waals surface area contributed by atoms with Gasteiger partial charge in [0.05, 0.1) is 11.1 Å². The van der Waals surface area contributed by atoms with Crippen LogP contribution in [0.5, 0.6) is 0 Å². The molecule has 5 nitrogen and oxygen atoms in total. The van der Waals surface area contributed by atoms with Crippen LogP contribution in [0.1, 0.15) is 20.3 Å². The maximum atomic E-state index is 11.3. The Morgan fingerprint density at radius 1 is 1.36 bits per heavy atom. The second kappa shape index (κ2) is 6.85. The summed E-state index contributed by atoms with van der Waals surface area (Å²) in [5.74, 6) is -0.832. The third kappa shape index (κ3) is 3.49. The number of pyridine rings is 1. The summed E-state index contributed by atoms with van der Waals surface area (Å²) in [6.07, 6.45) is 3.15. The Bertz CT molecular complexity index is 730. The lowest BCUT2D eigenvalue weighted by Gasteiger charge is -2.16. The molecule has 1 aromatic carbocycles. The molecule has 3 N–H and O–H groups in total. The van der Waals surface area contributed by atoms with Gasteiger partial charge in [0.2, 0.25) is 0 Å². The van der Waals surface area contributed by atoms with Crippen LogP contribution in [0.3, 0.4) is 0 Å². The number of hydrogen-bond acceptors (Lipinski definition) is 4. The summed E-state index contributed by atoms with van der Waals surface area (Å²) in [6.45, 7) is 4.02. The number of aromatic nitrogens is 1. The number of aliphatic carboxylic acids is 1. The van der Waals surface area contributed by atoms with Gasteiger partial charge >= 0.3 is 5.97 Å². The first-order chi connectivity index (χ1) is 10.5. The highest BCUT2D eigenvalue weighted by atomic mass is 16.4. The molecule has 114 valence electrons. The van der Waals surface area contributed by atoms with Crippen molar-refractivity contribution in [2.45, 2.75) is 20.3 Å². The molecule has 0 spiro atoms. The smallest absolute Gasteiger partial charge is 0.339 e. The van der Waals surface area contributed by atoms with Gasteiger partial charge in [-0.05, 0) is 36.6 Å². The summed E-state index contributed by atoms with van der Waals surface area (Å²) < 4.78 is 0. The minimum Gasteiger partial charge on any atom is -0.478 e. The summed E-state index contributed by atoms with van der Waals surface area (Å²) in [7, 11) is 0. The molecule has 0 atom stereocenters. The van der Waals surface area contributed by atoms with Crippen LogP contribution in [0.4, 0.5) is 5.69 Å². The van der Waals surface area contributed by atoms with Gasteiger partial charge in [-0.25, -0.2) is 4.79 Å². The van der Waals surface area contributed by atoms with Gasteiger partial charge in [0.25, 0.3) is 0 Å². The topological polar surface area (TPSA) is 86.1 Å². The molecule has 0 unspecified atom stereocenters. The quantitative estimate of drug-likeness (QED) is 0.560. The number of carbonyl (C=O) groups is 1. The van der Waals surface area contributed by atoms with E-state index in [0.717, 1.165) is 22.8 Å². The van der Waals surface area contributed by atoms with Crippen molar-refractivity contribution in [2.75, 3.05) is 5.32 Å². The molecule has 0 amide bonds. The Morgan fingerprint density at radius 3 is 2.77 bits per heavy atom. The molecule has 0 saturated carbocycles. The minimum absolute atomic E-state index is 0.0189. The van der Waals surface area contributed by atoms with E-state index in [-0.39, 0.29) is 11.5 Å². The molecule has 2 rings (SSSR count). The van der Waals surface area contributed by atoms with Crippen LogP contribution in [0.25, 0.3) is 10.9 Å². The molecule has 1 aromatic heterocycles. The van der Waals surface area contributed by atoms with Crippen LogP contribution in [0, 0.1) is 11.3 Å².